The Bertz CT molecular complexity index is 1090. The average Bonchev–Trinajstić information content (AvgIpc) is 2.71. The third kappa shape index (κ3) is 6.00. The molecule has 171 valence electrons. The normalized spacial score (nSPS) is 12.9. The van der Waals surface area contributed by atoms with Gasteiger partial charge in [0.15, 0.2) is 7.14 Å². The molecule has 0 aliphatic carbocycles. The third-order valence-corrected chi connectivity index (χ3v) is 12.6. The highest BCUT2D eigenvalue weighted by Crippen LogP contribution is 2.22. The number of benzene rings is 3. The molecule has 32 heavy (non-hydrogen) atoms. The fourth-order valence-corrected chi connectivity index (χ4v) is 10.0. The second kappa shape index (κ2) is 9.27. The van der Waals surface area contributed by atoms with Crippen molar-refractivity contribution in [2.45, 2.75) is 64.2 Å². The van der Waals surface area contributed by atoms with Crippen molar-refractivity contribution < 1.29 is 31.2 Å². The van der Waals surface area contributed by atoms with Crippen molar-refractivity contribution in [3.05, 3.63) is 96.6 Å². The first kappa shape index (κ1) is 24.9. The van der Waals surface area contributed by atoms with Crippen LogP contribution in [0, 0.1) is 14.1 Å². The Morgan fingerprint density at radius 2 is 1.00 bits per heavy atom. The Kier molecular flexibility index (Phi) is 7.23. The van der Waals surface area contributed by atoms with Gasteiger partial charge >= 0.3 is 30.4 Å². The maximum atomic E-state index is 13.2. The van der Waals surface area contributed by atoms with Gasteiger partial charge in [-0.05, 0) is 67.8 Å². The molecule has 3 nitrogen and oxygen atoms in total. The topological polar surface area (TPSA) is 43.4 Å². The summed E-state index contributed by atoms with van der Waals surface area (Å²) in [6.45, 7) is 14.9. The molecule has 3 aromatic rings. The maximum Gasteiger partial charge on any atom is 0.336 e. The predicted octanol–water partition coefficient (Wildman–Crippen LogP) is 3.57. The van der Waals surface area contributed by atoms with Crippen LogP contribution in [0.1, 0.15) is 58.2 Å². The molecule has 0 amide bonds. The zero-order chi connectivity index (χ0) is 23.7. The van der Waals surface area contributed by atoms with Gasteiger partial charge in [0.1, 0.15) is 0 Å². The molecule has 0 atom stereocenters. The molecule has 0 spiro atoms. The first-order valence-corrected chi connectivity index (χ1v) is 15.1. The van der Waals surface area contributed by atoms with E-state index in [1.807, 2.05) is 31.2 Å². The van der Waals surface area contributed by atoms with Gasteiger partial charge in [0.25, 0.3) is 0 Å². The van der Waals surface area contributed by atoms with E-state index in [1.165, 1.54) is 11.1 Å². The number of aryl methyl sites for hydroxylation is 1. The maximum absolute atomic E-state index is 13.2. The van der Waals surface area contributed by atoms with E-state index < -0.39 is 30.4 Å². The summed E-state index contributed by atoms with van der Waals surface area (Å²) in [6, 6.07) is 23.3. The molecular formula is C27H33IO3S+. The Hall–Kier alpha value is -1.70. The SMILES string of the molecule is Cc1ccc(S(=O)(=O)O[I+](c2ccc(C(C)(C)C)cc2)c2ccc(C(C)(C)C)cc2)cc1. The molecule has 3 aromatic carbocycles. The Labute approximate surface area is 201 Å². The van der Waals surface area contributed by atoms with Crippen LogP contribution in [-0.2, 0) is 23.5 Å². The van der Waals surface area contributed by atoms with E-state index in [4.69, 9.17) is 2.51 Å². The molecule has 5 heteroatoms. The number of rotatable bonds is 5. The highest BCUT2D eigenvalue weighted by Gasteiger charge is 2.38. The van der Waals surface area contributed by atoms with Gasteiger partial charge in [-0.1, -0.05) is 83.5 Å². The lowest BCUT2D eigenvalue weighted by molar-refractivity contribution is -1.03. The van der Waals surface area contributed by atoms with Gasteiger partial charge in [-0.15, -0.1) is 0 Å². The second-order valence-electron chi connectivity index (χ2n) is 10.1. The average molecular weight is 565 g/mol. The van der Waals surface area contributed by atoms with Crippen LogP contribution >= 0.6 is 0 Å². The van der Waals surface area contributed by atoms with Crippen LogP contribution < -0.4 is 20.2 Å². The van der Waals surface area contributed by atoms with Gasteiger partial charge in [0, 0.05) is 0 Å². The van der Waals surface area contributed by atoms with Crippen molar-refractivity contribution in [1.82, 2.24) is 0 Å². The lowest BCUT2D eigenvalue weighted by Gasteiger charge is -2.19. The van der Waals surface area contributed by atoms with E-state index in [0.29, 0.717) is 0 Å². The Balaban J connectivity index is 2.04. The van der Waals surface area contributed by atoms with Crippen molar-refractivity contribution in [2.75, 3.05) is 0 Å². The minimum atomic E-state index is -3.88. The molecule has 3 rings (SSSR count). The van der Waals surface area contributed by atoms with Gasteiger partial charge in [-0.3, -0.25) is 0 Å². The molecule has 0 aromatic heterocycles. The van der Waals surface area contributed by atoms with E-state index in [1.54, 1.807) is 24.3 Å². The molecule has 0 fully saturated rings. The minimum absolute atomic E-state index is 0.0285. The van der Waals surface area contributed by atoms with Gasteiger partial charge in [-0.25, -0.2) is 0 Å². The standard InChI is InChI=1S/C27H33IO3S/c1-20-8-18-25(19-9-20)32(29,30)31-28(23-14-10-21(11-15-23)26(2,3)4)24-16-12-22(13-17-24)27(5,6)7/h8-19H,1-7H3/q+1. The van der Waals surface area contributed by atoms with Crippen LogP contribution in [0.15, 0.2) is 77.7 Å². The van der Waals surface area contributed by atoms with Gasteiger partial charge in [0.2, 0.25) is 0 Å². The summed E-state index contributed by atoms with van der Waals surface area (Å²) in [7, 11) is -3.88. The lowest BCUT2D eigenvalue weighted by Crippen LogP contribution is -3.85. The predicted molar refractivity (Wildman–Crippen MR) is 127 cm³/mol. The monoisotopic (exact) mass is 564 g/mol. The summed E-state index contributed by atoms with van der Waals surface area (Å²) in [5.74, 6) is 0. The van der Waals surface area contributed by atoms with E-state index in [0.717, 1.165) is 12.7 Å². The van der Waals surface area contributed by atoms with Gasteiger partial charge < -0.3 is 0 Å². The number of hydrogen-bond acceptors (Lipinski definition) is 3. The minimum Gasteiger partial charge on any atom is -0.190 e. The van der Waals surface area contributed by atoms with Crippen molar-refractivity contribution in [3.8, 4) is 0 Å². The fourth-order valence-electron chi connectivity index (χ4n) is 3.15. The van der Waals surface area contributed by atoms with Crippen molar-refractivity contribution in [2.24, 2.45) is 0 Å². The van der Waals surface area contributed by atoms with Crippen molar-refractivity contribution in [1.29, 1.82) is 0 Å². The molecule has 1 radical (unpaired) electrons. The second-order valence-corrected chi connectivity index (χ2v) is 16.6. The van der Waals surface area contributed by atoms with E-state index in [9.17, 15) is 8.42 Å². The molecular weight excluding hydrogens is 531 g/mol. The first-order valence-electron chi connectivity index (χ1n) is 10.7. The highest BCUT2D eigenvalue weighted by molar-refractivity contribution is 7.86. The van der Waals surface area contributed by atoms with Crippen LogP contribution in [0.25, 0.3) is 0 Å². The van der Waals surface area contributed by atoms with Crippen molar-refractivity contribution >= 4 is 10.1 Å². The molecule has 0 aliphatic heterocycles. The zero-order valence-electron chi connectivity index (χ0n) is 19.9. The summed E-state index contributed by atoms with van der Waals surface area (Å²) in [5, 5.41) is 0. The van der Waals surface area contributed by atoms with Crippen LogP contribution in [0.3, 0.4) is 0 Å². The summed E-state index contributed by atoms with van der Waals surface area (Å²) < 4.78 is 34.3. The fraction of sp³-hybridized carbons (Fsp3) is 0.333. The number of halogens is 1. The van der Waals surface area contributed by atoms with Crippen LogP contribution in [0.5, 0.6) is 0 Å². The Morgan fingerprint density at radius 3 is 1.34 bits per heavy atom. The van der Waals surface area contributed by atoms with E-state index in [2.05, 4.69) is 65.8 Å². The quantitative estimate of drug-likeness (QED) is 0.446. The lowest BCUT2D eigenvalue weighted by atomic mass is 9.87. The van der Waals surface area contributed by atoms with Crippen molar-refractivity contribution in [3.63, 3.8) is 0 Å². The summed E-state index contributed by atoms with van der Waals surface area (Å²) >= 11 is -2.72. The highest BCUT2D eigenvalue weighted by atomic mass is 127. The van der Waals surface area contributed by atoms with Crippen LogP contribution in [0.4, 0.5) is 0 Å². The molecule has 0 N–H and O–H groups in total. The molecule has 0 saturated heterocycles. The van der Waals surface area contributed by atoms with Gasteiger partial charge in [0.05, 0.1) is 4.90 Å². The van der Waals surface area contributed by atoms with Crippen LogP contribution in [0.2, 0.25) is 0 Å². The van der Waals surface area contributed by atoms with Crippen LogP contribution in [-0.4, -0.2) is 8.42 Å². The van der Waals surface area contributed by atoms with E-state index >= 15 is 0 Å². The zero-order valence-corrected chi connectivity index (χ0v) is 22.9. The number of hydrogen-bond donors (Lipinski definition) is 0. The third-order valence-electron chi connectivity index (χ3n) is 5.27. The smallest absolute Gasteiger partial charge is 0.190 e. The van der Waals surface area contributed by atoms with Gasteiger partial charge in [-0.2, -0.15) is 8.42 Å². The summed E-state index contributed by atoms with van der Waals surface area (Å²) in [5.41, 5.74) is 3.49. The summed E-state index contributed by atoms with van der Waals surface area (Å²) in [4.78, 5) is 0.197. The molecule has 0 unspecified atom stereocenters. The molecule has 0 bridgehead atoms. The molecule has 0 heterocycles. The largest absolute Gasteiger partial charge is 0.336 e. The van der Waals surface area contributed by atoms with E-state index in [-0.39, 0.29) is 15.7 Å². The Morgan fingerprint density at radius 1 is 0.625 bits per heavy atom. The molecule has 0 saturated carbocycles. The summed E-state index contributed by atoms with van der Waals surface area (Å²) in [6.07, 6.45) is 0. The molecule has 0 aliphatic rings. The first-order chi connectivity index (χ1) is 14.8.